The van der Waals surface area contributed by atoms with Crippen LogP contribution in [0.25, 0.3) is 0 Å². The Bertz CT molecular complexity index is 366. The van der Waals surface area contributed by atoms with Crippen LogP contribution in [0.2, 0.25) is 0 Å². The smallest absolute Gasteiger partial charge is 0.224 e. The molecule has 1 fully saturated rings. The largest absolute Gasteiger partial charge is 0.343 e. The van der Waals surface area contributed by atoms with Crippen LogP contribution in [-0.4, -0.2) is 39.5 Å². The third-order valence-corrected chi connectivity index (χ3v) is 3.78. The van der Waals surface area contributed by atoms with E-state index < -0.39 is 0 Å². The van der Waals surface area contributed by atoms with Gasteiger partial charge in [0.05, 0.1) is 6.33 Å². The lowest BCUT2D eigenvalue weighted by atomic mass is 9.91. The summed E-state index contributed by atoms with van der Waals surface area (Å²) in [6, 6.07) is 0.244. The van der Waals surface area contributed by atoms with Gasteiger partial charge in [0, 0.05) is 44.5 Å². The summed E-state index contributed by atoms with van der Waals surface area (Å²) in [6.45, 7) is 4.48. The molecule has 0 saturated carbocycles. The molecule has 1 atom stereocenters. The topological polar surface area (TPSA) is 64.2 Å². The Labute approximate surface area is 108 Å². The van der Waals surface area contributed by atoms with Gasteiger partial charge < -0.3 is 15.2 Å². The van der Waals surface area contributed by atoms with Crippen LogP contribution >= 0.6 is 0 Å². The summed E-state index contributed by atoms with van der Waals surface area (Å²) >= 11 is 0. The molecule has 1 unspecified atom stereocenters. The molecule has 0 radical (unpaired) electrons. The highest BCUT2D eigenvalue weighted by atomic mass is 16.2. The lowest BCUT2D eigenvalue weighted by Gasteiger charge is -2.33. The standard InChI is InChI=1S/C13H22N4O/c1-11(14)12-2-7-17(8-3-12)13(18)4-6-16-9-5-15-10-16/h5,9-12H,2-4,6-8,14H2,1H3. The molecule has 0 aliphatic carbocycles. The molecule has 2 rings (SSSR count). The van der Waals surface area contributed by atoms with Crippen LogP contribution in [0.1, 0.15) is 26.2 Å². The predicted octanol–water partition coefficient (Wildman–Crippen LogP) is 0.859. The molecule has 5 nitrogen and oxygen atoms in total. The number of piperidine rings is 1. The van der Waals surface area contributed by atoms with E-state index in [9.17, 15) is 4.79 Å². The number of nitrogens with two attached hydrogens (primary N) is 1. The molecular formula is C13H22N4O. The van der Waals surface area contributed by atoms with Crippen LogP contribution in [0, 0.1) is 5.92 Å². The number of aromatic nitrogens is 2. The summed E-state index contributed by atoms with van der Waals surface area (Å²) in [5.74, 6) is 0.814. The van der Waals surface area contributed by atoms with E-state index in [1.807, 2.05) is 15.7 Å². The molecule has 1 aromatic heterocycles. The van der Waals surface area contributed by atoms with Gasteiger partial charge in [0.1, 0.15) is 0 Å². The number of amides is 1. The maximum absolute atomic E-state index is 12.0. The second kappa shape index (κ2) is 6.00. The number of hydrogen-bond acceptors (Lipinski definition) is 3. The Kier molecular flexibility index (Phi) is 4.36. The van der Waals surface area contributed by atoms with Crippen molar-refractivity contribution in [3.8, 4) is 0 Å². The van der Waals surface area contributed by atoms with Crippen molar-refractivity contribution in [3.05, 3.63) is 18.7 Å². The highest BCUT2D eigenvalue weighted by Crippen LogP contribution is 2.20. The Morgan fingerprint density at radius 2 is 2.22 bits per heavy atom. The molecule has 2 heterocycles. The van der Waals surface area contributed by atoms with E-state index in [-0.39, 0.29) is 11.9 Å². The van der Waals surface area contributed by atoms with Gasteiger partial charge in [0.25, 0.3) is 0 Å². The molecular weight excluding hydrogens is 228 g/mol. The zero-order chi connectivity index (χ0) is 13.0. The van der Waals surface area contributed by atoms with Crippen LogP contribution in [0.15, 0.2) is 18.7 Å². The van der Waals surface area contributed by atoms with Gasteiger partial charge in [0.2, 0.25) is 5.91 Å². The van der Waals surface area contributed by atoms with Gasteiger partial charge in [-0.05, 0) is 25.7 Å². The van der Waals surface area contributed by atoms with Crippen LogP contribution in [0.5, 0.6) is 0 Å². The molecule has 0 aromatic carbocycles. The molecule has 1 aromatic rings. The van der Waals surface area contributed by atoms with E-state index in [0.29, 0.717) is 18.9 Å². The van der Waals surface area contributed by atoms with Crippen molar-refractivity contribution < 1.29 is 4.79 Å². The van der Waals surface area contributed by atoms with E-state index in [4.69, 9.17) is 5.73 Å². The zero-order valence-corrected chi connectivity index (χ0v) is 11.0. The van der Waals surface area contributed by atoms with Crippen molar-refractivity contribution in [3.63, 3.8) is 0 Å². The second-order valence-corrected chi connectivity index (χ2v) is 5.13. The second-order valence-electron chi connectivity index (χ2n) is 5.13. The quantitative estimate of drug-likeness (QED) is 0.862. The first kappa shape index (κ1) is 13.1. The highest BCUT2D eigenvalue weighted by Gasteiger charge is 2.24. The van der Waals surface area contributed by atoms with Crippen LogP contribution < -0.4 is 5.73 Å². The van der Waals surface area contributed by atoms with Crippen LogP contribution in [0.4, 0.5) is 0 Å². The third kappa shape index (κ3) is 3.32. The lowest BCUT2D eigenvalue weighted by Crippen LogP contribution is -2.42. The number of carbonyl (C=O) groups is 1. The third-order valence-electron chi connectivity index (χ3n) is 3.78. The Morgan fingerprint density at radius 1 is 1.50 bits per heavy atom. The first-order valence-electron chi connectivity index (χ1n) is 6.66. The average Bonchev–Trinajstić information content (AvgIpc) is 2.89. The van der Waals surface area contributed by atoms with Crippen molar-refractivity contribution in [1.82, 2.24) is 14.5 Å². The van der Waals surface area contributed by atoms with Crippen molar-refractivity contribution >= 4 is 5.91 Å². The Morgan fingerprint density at radius 3 is 2.78 bits per heavy atom. The minimum Gasteiger partial charge on any atom is -0.343 e. The maximum atomic E-state index is 12.0. The SMILES string of the molecule is CC(N)C1CCN(C(=O)CCn2ccnc2)CC1. The minimum atomic E-state index is 0.242. The van der Waals surface area contributed by atoms with E-state index in [1.54, 1.807) is 12.5 Å². The van der Waals surface area contributed by atoms with Gasteiger partial charge in [-0.2, -0.15) is 0 Å². The fourth-order valence-corrected chi connectivity index (χ4v) is 2.48. The molecule has 100 valence electrons. The summed E-state index contributed by atoms with van der Waals surface area (Å²) in [5.41, 5.74) is 5.90. The first-order chi connectivity index (χ1) is 8.66. The van der Waals surface area contributed by atoms with Crippen molar-refractivity contribution in [2.45, 2.75) is 38.8 Å². The summed E-state index contributed by atoms with van der Waals surface area (Å²) in [4.78, 5) is 18.0. The monoisotopic (exact) mass is 250 g/mol. The molecule has 0 spiro atoms. The molecule has 1 aliphatic rings. The summed E-state index contributed by atoms with van der Waals surface area (Å²) in [7, 11) is 0. The fourth-order valence-electron chi connectivity index (χ4n) is 2.48. The number of rotatable bonds is 4. The molecule has 1 saturated heterocycles. The number of carbonyl (C=O) groups excluding carboxylic acids is 1. The van der Waals surface area contributed by atoms with E-state index >= 15 is 0 Å². The van der Waals surface area contributed by atoms with E-state index in [1.165, 1.54) is 0 Å². The van der Waals surface area contributed by atoms with Crippen LogP contribution in [0.3, 0.4) is 0 Å². The molecule has 18 heavy (non-hydrogen) atoms. The first-order valence-corrected chi connectivity index (χ1v) is 6.66. The highest BCUT2D eigenvalue weighted by molar-refractivity contribution is 5.76. The number of hydrogen-bond donors (Lipinski definition) is 1. The van der Waals surface area contributed by atoms with Gasteiger partial charge in [0.15, 0.2) is 0 Å². The summed E-state index contributed by atoms with van der Waals surface area (Å²) in [5, 5.41) is 0. The zero-order valence-electron chi connectivity index (χ0n) is 11.0. The van der Waals surface area contributed by atoms with Crippen molar-refractivity contribution in [2.75, 3.05) is 13.1 Å². The average molecular weight is 250 g/mol. The van der Waals surface area contributed by atoms with E-state index in [2.05, 4.69) is 11.9 Å². The van der Waals surface area contributed by atoms with Crippen LogP contribution in [-0.2, 0) is 11.3 Å². The molecule has 1 aliphatic heterocycles. The number of nitrogens with zero attached hydrogens (tertiary/aromatic N) is 3. The summed E-state index contributed by atoms with van der Waals surface area (Å²) < 4.78 is 1.94. The van der Waals surface area contributed by atoms with Crippen molar-refractivity contribution in [1.29, 1.82) is 0 Å². The van der Waals surface area contributed by atoms with Gasteiger partial charge in [-0.15, -0.1) is 0 Å². The van der Waals surface area contributed by atoms with E-state index in [0.717, 1.165) is 25.9 Å². The fraction of sp³-hybridized carbons (Fsp3) is 0.692. The number of imidazole rings is 1. The van der Waals surface area contributed by atoms with Gasteiger partial charge in [-0.25, -0.2) is 4.98 Å². The summed E-state index contributed by atoms with van der Waals surface area (Å²) in [6.07, 6.45) is 7.99. The number of likely N-dealkylation sites (tertiary alicyclic amines) is 1. The minimum absolute atomic E-state index is 0.242. The molecule has 2 N–H and O–H groups in total. The van der Waals surface area contributed by atoms with Crippen molar-refractivity contribution in [2.24, 2.45) is 11.7 Å². The molecule has 0 bridgehead atoms. The normalized spacial score (nSPS) is 18.9. The predicted molar refractivity (Wildman–Crippen MR) is 69.8 cm³/mol. The number of aryl methyl sites for hydroxylation is 1. The molecule has 1 amide bonds. The Hall–Kier alpha value is -1.36. The lowest BCUT2D eigenvalue weighted by molar-refractivity contribution is -0.132. The Balaban J connectivity index is 1.74. The van der Waals surface area contributed by atoms with Gasteiger partial charge in [-0.1, -0.05) is 0 Å². The van der Waals surface area contributed by atoms with Gasteiger partial charge >= 0.3 is 0 Å². The molecule has 5 heteroatoms. The maximum Gasteiger partial charge on any atom is 0.224 e. The van der Waals surface area contributed by atoms with Gasteiger partial charge in [-0.3, -0.25) is 4.79 Å².